The minimum Gasteiger partial charge on any atom is -0.313 e. The number of hydrogen-bond donors (Lipinski definition) is 2. The molecule has 3 nitrogen and oxygen atoms in total. The van der Waals surface area contributed by atoms with Gasteiger partial charge in [-0.25, -0.2) is 4.98 Å². The van der Waals surface area contributed by atoms with Crippen molar-refractivity contribution in [1.82, 2.24) is 15.6 Å². The van der Waals surface area contributed by atoms with Crippen LogP contribution in [0.4, 0.5) is 0 Å². The van der Waals surface area contributed by atoms with Crippen LogP contribution in [0.3, 0.4) is 0 Å². The van der Waals surface area contributed by atoms with Crippen molar-refractivity contribution in [2.75, 3.05) is 13.1 Å². The van der Waals surface area contributed by atoms with Gasteiger partial charge in [0.15, 0.2) is 0 Å². The molecule has 1 heterocycles. The minimum atomic E-state index is 0.415. The predicted molar refractivity (Wildman–Crippen MR) is 70.9 cm³/mol. The van der Waals surface area contributed by atoms with Crippen molar-refractivity contribution < 1.29 is 0 Å². The van der Waals surface area contributed by atoms with Crippen LogP contribution in [0, 0.1) is 0 Å². The normalized spacial score (nSPS) is 14.9. The topological polar surface area (TPSA) is 37.0 Å². The number of thiazole rings is 1. The smallest absolute Gasteiger partial charge is 0.109 e. The molecule has 0 aliphatic heterocycles. The zero-order chi connectivity index (χ0) is 11.8. The van der Waals surface area contributed by atoms with E-state index in [-0.39, 0.29) is 0 Å². The second-order valence-corrected chi connectivity index (χ2v) is 4.97. The molecule has 2 atom stereocenters. The van der Waals surface area contributed by atoms with Crippen LogP contribution in [0.5, 0.6) is 0 Å². The van der Waals surface area contributed by atoms with E-state index in [1.54, 1.807) is 11.3 Å². The molecule has 0 aliphatic rings. The number of nitrogens with zero attached hydrogens (tertiary/aromatic N) is 1. The van der Waals surface area contributed by atoms with Gasteiger partial charge >= 0.3 is 0 Å². The molecule has 0 bridgehead atoms. The Morgan fingerprint density at radius 1 is 1.25 bits per heavy atom. The Morgan fingerprint density at radius 3 is 2.56 bits per heavy atom. The Morgan fingerprint density at radius 2 is 2.00 bits per heavy atom. The molecule has 0 amide bonds. The van der Waals surface area contributed by atoms with E-state index >= 15 is 0 Å². The third kappa shape index (κ3) is 4.60. The first-order chi connectivity index (χ1) is 7.77. The molecule has 2 N–H and O–H groups in total. The van der Waals surface area contributed by atoms with Crippen LogP contribution in [-0.2, 0) is 0 Å². The second-order valence-electron chi connectivity index (χ2n) is 4.05. The summed E-state index contributed by atoms with van der Waals surface area (Å²) in [5, 5.41) is 10.3. The summed E-state index contributed by atoms with van der Waals surface area (Å²) in [6.45, 7) is 8.65. The Balaban J connectivity index is 2.20. The molecule has 0 fully saturated rings. The van der Waals surface area contributed by atoms with E-state index in [2.05, 4.69) is 36.4 Å². The maximum Gasteiger partial charge on any atom is 0.109 e. The summed E-state index contributed by atoms with van der Waals surface area (Å²) in [6, 6.07) is 1.03. The van der Waals surface area contributed by atoms with E-state index in [0.29, 0.717) is 12.1 Å². The third-order valence-electron chi connectivity index (χ3n) is 2.78. The molecule has 0 radical (unpaired) electrons. The lowest BCUT2D eigenvalue weighted by Crippen LogP contribution is -2.34. The molecule has 1 aromatic heterocycles. The van der Waals surface area contributed by atoms with Gasteiger partial charge in [0.1, 0.15) is 5.01 Å². The zero-order valence-corrected chi connectivity index (χ0v) is 11.3. The monoisotopic (exact) mass is 241 g/mol. The molecule has 1 rings (SSSR count). The van der Waals surface area contributed by atoms with Crippen LogP contribution in [0.2, 0.25) is 0 Å². The van der Waals surface area contributed by atoms with Crippen molar-refractivity contribution in [2.24, 2.45) is 0 Å². The third-order valence-corrected chi connectivity index (χ3v) is 3.67. The average molecular weight is 241 g/mol. The van der Waals surface area contributed by atoms with Crippen molar-refractivity contribution in [2.45, 2.75) is 45.7 Å². The van der Waals surface area contributed by atoms with E-state index in [1.165, 1.54) is 11.4 Å². The van der Waals surface area contributed by atoms with Gasteiger partial charge in [-0.15, -0.1) is 11.3 Å². The fourth-order valence-corrected chi connectivity index (χ4v) is 2.32. The highest BCUT2D eigenvalue weighted by atomic mass is 32.1. The highest BCUT2D eigenvalue weighted by Gasteiger charge is 2.10. The van der Waals surface area contributed by atoms with Gasteiger partial charge < -0.3 is 10.6 Å². The predicted octanol–water partition coefficient (Wildman–Crippen LogP) is 2.57. The van der Waals surface area contributed by atoms with Gasteiger partial charge in [0.2, 0.25) is 0 Å². The van der Waals surface area contributed by atoms with Crippen molar-refractivity contribution in [3.63, 3.8) is 0 Å². The highest BCUT2D eigenvalue weighted by molar-refractivity contribution is 7.09. The van der Waals surface area contributed by atoms with E-state index in [1.807, 2.05) is 11.6 Å². The largest absolute Gasteiger partial charge is 0.313 e. The maximum absolute atomic E-state index is 4.35. The summed E-state index contributed by atoms with van der Waals surface area (Å²) in [7, 11) is 0. The molecule has 0 saturated heterocycles. The fourth-order valence-electron chi connectivity index (χ4n) is 1.52. The molecule has 16 heavy (non-hydrogen) atoms. The Kier molecular flexibility index (Phi) is 6.61. The van der Waals surface area contributed by atoms with Gasteiger partial charge in [0.05, 0.1) is 6.04 Å². The van der Waals surface area contributed by atoms with E-state index in [9.17, 15) is 0 Å². The molecule has 1 aromatic rings. The van der Waals surface area contributed by atoms with Crippen LogP contribution in [0.1, 0.15) is 44.7 Å². The molecular formula is C12H23N3S. The average Bonchev–Trinajstić information content (AvgIpc) is 2.82. The molecular weight excluding hydrogens is 218 g/mol. The van der Waals surface area contributed by atoms with Crippen LogP contribution in [0.25, 0.3) is 0 Å². The Hall–Kier alpha value is -0.450. The summed E-state index contributed by atoms with van der Waals surface area (Å²) in [4.78, 5) is 4.35. The molecule has 0 spiro atoms. The van der Waals surface area contributed by atoms with Crippen molar-refractivity contribution in [1.29, 1.82) is 0 Å². The number of hydrogen-bond acceptors (Lipinski definition) is 4. The summed E-state index contributed by atoms with van der Waals surface area (Å²) < 4.78 is 0. The van der Waals surface area contributed by atoms with E-state index in [4.69, 9.17) is 0 Å². The summed E-state index contributed by atoms with van der Waals surface area (Å²) in [6.07, 6.45) is 4.16. The molecule has 0 aliphatic carbocycles. The van der Waals surface area contributed by atoms with Gasteiger partial charge in [-0.3, -0.25) is 0 Å². The second kappa shape index (κ2) is 7.76. The summed E-state index contributed by atoms with van der Waals surface area (Å²) in [5.41, 5.74) is 0. The molecule has 2 unspecified atom stereocenters. The van der Waals surface area contributed by atoms with Gasteiger partial charge in [-0.2, -0.15) is 0 Å². The first kappa shape index (κ1) is 13.6. The lowest BCUT2D eigenvalue weighted by atomic mass is 10.2. The maximum atomic E-state index is 4.35. The summed E-state index contributed by atoms with van der Waals surface area (Å²) in [5.74, 6) is 0. The molecule has 4 heteroatoms. The lowest BCUT2D eigenvalue weighted by Gasteiger charge is -2.16. The van der Waals surface area contributed by atoms with Gasteiger partial charge in [0.25, 0.3) is 0 Å². The minimum absolute atomic E-state index is 0.415. The molecule has 0 saturated carbocycles. The Labute approximate surface area is 103 Å². The first-order valence-corrected chi connectivity index (χ1v) is 7.02. The van der Waals surface area contributed by atoms with Crippen molar-refractivity contribution in [3.8, 4) is 0 Å². The van der Waals surface area contributed by atoms with Gasteiger partial charge in [0, 0.05) is 30.7 Å². The zero-order valence-electron chi connectivity index (χ0n) is 10.5. The number of rotatable bonds is 8. The summed E-state index contributed by atoms with van der Waals surface area (Å²) >= 11 is 1.73. The fraction of sp³-hybridized carbons (Fsp3) is 0.750. The van der Waals surface area contributed by atoms with Crippen molar-refractivity contribution >= 4 is 11.3 Å². The van der Waals surface area contributed by atoms with E-state index in [0.717, 1.165) is 19.5 Å². The van der Waals surface area contributed by atoms with Crippen LogP contribution in [0.15, 0.2) is 11.6 Å². The highest BCUT2D eigenvalue weighted by Crippen LogP contribution is 2.17. The molecule has 92 valence electrons. The number of nitrogens with one attached hydrogen (secondary N) is 2. The molecule has 0 aromatic carbocycles. The quantitative estimate of drug-likeness (QED) is 0.687. The lowest BCUT2D eigenvalue weighted by molar-refractivity contribution is 0.473. The van der Waals surface area contributed by atoms with Gasteiger partial charge in [-0.05, 0) is 19.8 Å². The van der Waals surface area contributed by atoms with Crippen LogP contribution >= 0.6 is 11.3 Å². The SMILES string of the molecule is CCC(C)NCCNC(CC)c1nccs1. The van der Waals surface area contributed by atoms with Gasteiger partial charge in [-0.1, -0.05) is 13.8 Å². The van der Waals surface area contributed by atoms with Crippen LogP contribution in [-0.4, -0.2) is 24.1 Å². The van der Waals surface area contributed by atoms with E-state index < -0.39 is 0 Å². The standard InChI is InChI=1S/C12H23N3S/c1-4-10(3)13-6-7-14-11(5-2)12-15-8-9-16-12/h8-11,13-14H,4-7H2,1-3H3. The van der Waals surface area contributed by atoms with Crippen LogP contribution < -0.4 is 10.6 Å². The Bertz CT molecular complexity index is 261. The van der Waals surface area contributed by atoms with Crippen molar-refractivity contribution in [3.05, 3.63) is 16.6 Å². The number of aromatic nitrogens is 1. The first-order valence-electron chi connectivity index (χ1n) is 6.14.